The highest BCUT2D eigenvalue weighted by atomic mass is 32.1. The van der Waals surface area contributed by atoms with Crippen molar-refractivity contribution in [3.63, 3.8) is 0 Å². The summed E-state index contributed by atoms with van der Waals surface area (Å²) in [5, 5.41) is 7.76. The fraction of sp³-hybridized carbons (Fsp3) is 0.500. The van der Waals surface area contributed by atoms with Crippen molar-refractivity contribution >= 4 is 17.0 Å². The number of pyridine rings is 1. The molecule has 1 atom stereocenters. The summed E-state index contributed by atoms with van der Waals surface area (Å²) in [6, 6.07) is 7.07. The third kappa shape index (κ3) is 2.77. The molecule has 1 aliphatic rings. The van der Waals surface area contributed by atoms with Gasteiger partial charge in [-0.15, -0.1) is 0 Å². The van der Waals surface area contributed by atoms with Crippen molar-refractivity contribution in [3.05, 3.63) is 45.9 Å². The largest absolute Gasteiger partial charge is 0.362 e. The van der Waals surface area contributed by atoms with Crippen molar-refractivity contribution in [2.45, 2.75) is 38.6 Å². The molecule has 0 saturated carbocycles. The molecule has 0 fully saturated rings. The summed E-state index contributed by atoms with van der Waals surface area (Å²) in [6.07, 6.45) is 1.11. The summed E-state index contributed by atoms with van der Waals surface area (Å²) >= 11 is 1.78. The van der Waals surface area contributed by atoms with Crippen LogP contribution in [0.25, 0.3) is 0 Å². The second kappa shape index (κ2) is 6.01. The molecule has 0 saturated heterocycles. The minimum absolute atomic E-state index is 0.106. The van der Waals surface area contributed by atoms with Crippen LogP contribution in [0.4, 0.5) is 5.69 Å². The van der Waals surface area contributed by atoms with Gasteiger partial charge in [-0.25, -0.2) is 0 Å². The van der Waals surface area contributed by atoms with E-state index in [9.17, 15) is 0 Å². The normalized spacial score (nSPS) is 17.5. The molecule has 0 spiro atoms. The summed E-state index contributed by atoms with van der Waals surface area (Å²) < 4.78 is 0. The molecule has 0 amide bonds. The van der Waals surface area contributed by atoms with Crippen LogP contribution in [0.15, 0.2) is 29.0 Å². The predicted octanol–water partition coefficient (Wildman–Crippen LogP) is 3.90. The van der Waals surface area contributed by atoms with Gasteiger partial charge in [-0.1, -0.05) is 13.8 Å². The van der Waals surface area contributed by atoms with Crippen molar-refractivity contribution in [2.75, 3.05) is 25.0 Å². The lowest BCUT2D eigenvalue weighted by molar-refractivity contribution is 0.491. The molecule has 2 aromatic heterocycles. The van der Waals surface area contributed by atoms with E-state index in [1.165, 1.54) is 16.9 Å². The molecule has 0 unspecified atom stereocenters. The van der Waals surface area contributed by atoms with Gasteiger partial charge in [0.2, 0.25) is 0 Å². The number of anilines is 1. The molecule has 2 aromatic rings. The molecule has 0 aliphatic carbocycles. The number of nitrogens with one attached hydrogen (secondary N) is 1. The van der Waals surface area contributed by atoms with E-state index in [2.05, 4.69) is 59.9 Å². The van der Waals surface area contributed by atoms with Crippen LogP contribution in [0.5, 0.6) is 0 Å². The molecule has 3 rings (SSSR count). The maximum Gasteiger partial charge on any atom is 0.0713 e. The third-order valence-corrected chi connectivity index (χ3v) is 5.20. The molecule has 118 valence electrons. The van der Waals surface area contributed by atoms with Crippen LogP contribution in [0, 0.1) is 6.92 Å². The van der Waals surface area contributed by atoms with Crippen molar-refractivity contribution < 1.29 is 0 Å². The van der Waals surface area contributed by atoms with Gasteiger partial charge in [-0.05, 0) is 61.5 Å². The van der Waals surface area contributed by atoms with E-state index in [-0.39, 0.29) is 5.41 Å². The maximum atomic E-state index is 4.85. The zero-order valence-corrected chi connectivity index (χ0v) is 14.7. The number of nitrogens with zero attached hydrogens (tertiary/aromatic N) is 2. The zero-order valence-electron chi connectivity index (χ0n) is 13.9. The summed E-state index contributed by atoms with van der Waals surface area (Å²) in [4.78, 5) is 7.40. The van der Waals surface area contributed by atoms with Crippen LogP contribution in [-0.2, 0) is 5.41 Å². The zero-order chi connectivity index (χ0) is 15.7. The van der Waals surface area contributed by atoms with Gasteiger partial charge >= 0.3 is 0 Å². The summed E-state index contributed by atoms with van der Waals surface area (Å²) in [7, 11) is 2.03. The van der Waals surface area contributed by atoms with E-state index in [0.717, 1.165) is 25.2 Å². The quantitative estimate of drug-likeness (QED) is 0.907. The molecule has 3 nitrogen and oxygen atoms in total. The minimum atomic E-state index is 0.106. The van der Waals surface area contributed by atoms with Gasteiger partial charge in [0.1, 0.15) is 0 Å². The van der Waals surface area contributed by atoms with Gasteiger partial charge < -0.3 is 10.2 Å². The number of rotatable bonds is 5. The first kappa shape index (κ1) is 15.5. The Morgan fingerprint density at radius 1 is 1.36 bits per heavy atom. The van der Waals surface area contributed by atoms with Crippen molar-refractivity contribution in [2.24, 2.45) is 0 Å². The van der Waals surface area contributed by atoms with Crippen molar-refractivity contribution in [1.82, 2.24) is 10.3 Å². The lowest BCUT2D eigenvalue weighted by atomic mass is 9.91. The Balaban J connectivity index is 2.00. The number of aryl methyl sites for hydroxylation is 1. The maximum absolute atomic E-state index is 4.85. The van der Waals surface area contributed by atoms with Crippen LogP contribution < -0.4 is 10.2 Å². The monoisotopic (exact) mass is 315 g/mol. The molecule has 1 aliphatic heterocycles. The van der Waals surface area contributed by atoms with Gasteiger partial charge in [0.05, 0.1) is 17.4 Å². The number of fused-ring (bicyclic) bond motifs is 1. The van der Waals surface area contributed by atoms with E-state index >= 15 is 0 Å². The van der Waals surface area contributed by atoms with Crippen molar-refractivity contribution in [3.8, 4) is 0 Å². The van der Waals surface area contributed by atoms with Crippen molar-refractivity contribution in [1.29, 1.82) is 0 Å². The van der Waals surface area contributed by atoms with Crippen LogP contribution in [0.1, 0.15) is 43.3 Å². The molecule has 3 heterocycles. The Bertz CT molecular complexity index is 634. The Morgan fingerprint density at radius 2 is 2.18 bits per heavy atom. The molecule has 22 heavy (non-hydrogen) atoms. The highest BCUT2D eigenvalue weighted by Crippen LogP contribution is 2.44. The van der Waals surface area contributed by atoms with Gasteiger partial charge in [-0.3, -0.25) is 4.98 Å². The highest BCUT2D eigenvalue weighted by Gasteiger charge is 2.39. The van der Waals surface area contributed by atoms with Crippen LogP contribution in [0.2, 0.25) is 0 Å². The highest BCUT2D eigenvalue weighted by molar-refractivity contribution is 7.08. The van der Waals surface area contributed by atoms with Gasteiger partial charge in [0.25, 0.3) is 0 Å². The molecule has 0 bridgehead atoms. The number of thiophene rings is 1. The molecule has 0 radical (unpaired) electrons. The molecule has 1 N–H and O–H groups in total. The van der Waals surface area contributed by atoms with E-state index in [1.807, 2.05) is 7.05 Å². The smallest absolute Gasteiger partial charge is 0.0713 e. The average Bonchev–Trinajstić information content (AvgIpc) is 3.08. The molecule has 0 aromatic carbocycles. The first-order chi connectivity index (χ1) is 10.5. The fourth-order valence-electron chi connectivity index (χ4n) is 3.39. The second-order valence-corrected chi connectivity index (χ2v) is 7.58. The lowest BCUT2D eigenvalue weighted by Gasteiger charge is -2.31. The summed E-state index contributed by atoms with van der Waals surface area (Å²) in [5.74, 6) is 0. The van der Waals surface area contributed by atoms with Gasteiger partial charge in [0.15, 0.2) is 0 Å². The Morgan fingerprint density at radius 3 is 2.86 bits per heavy atom. The van der Waals surface area contributed by atoms with Gasteiger partial charge in [-0.2, -0.15) is 11.3 Å². The number of hydrogen-bond acceptors (Lipinski definition) is 4. The van der Waals surface area contributed by atoms with E-state index in [1.54, 1.807) is 11.3 Å². The molecular formula is C18H25N3S. The number of hydrogen-bond donors (Lipinski definition) is 1. The van der Waals surface area contributed by atoms with E-state index in [0.29, 0.717) is 6.04 Å². The predicted molar refractivity (Wildman–Crippen MR) is 94.9 cm³/mol. The van der Waals surface area contributed by atoms with E-state index in [4.69, 9.17) is 4.98 Å². The Kier molecular flexibility index (Phi) is 4.24. The minimum Gasteiger partial charge on any atom is -0.362 e. The molecular weight excluding hydrogens is 290 g/mol. The van der Waals surface area contributed by atoms with E-state index < -0.39 is 0 Å². The second-order valence-electron chi connectivity index (χ2n) is 6.80. The average molecular weight is 315 g/mol. The Labute approximate surface area is 137 Å². The lowest BCUT2D eigenvalue weighted by Crippen LogP contribution is -2.33. The summed E-state index contributed by atoms with van der Waals surface area (Å²) in [5.41, 5.74) is 5.19. The first-order valence-electron chi connectivity index (χ1n) is 7.94. The number of aromatic nitrogens is 1. The first-order valence-corrected chi connectivity index (χ1v) is 8.88. The standard InChI is InChI=1S/C18H25N3S/c1-13-5-6-16-17(20-13)18(2,3)12-21(16)15(7-9-19-4)14-8-10-22-11-14/h5-6,8,10-11,15,19H,7,9,12H2,1-4H3/t15-/m0/s1. The SMILES string of the molecule is CNCC[C@@H](c1ccsc1)N1CC(C)(C)c2nc(C)ccc21. The van der Waals surface area contributed by atoms with Gasteiger partial charge in [0, 0.05) is 17.7 Å². The topological polar surface area (TPSA) is 28.2 Å². The summed E-state index contributed by atoms with van der Waals surface area (Å²) in [6.45, 7) is 8.74. The van der Waals surface area contributed by atoms with Crippen LogP contribution >= 0.6 is 11.3 Å². The van der Waals surface area contributed by atoms with Crippen LogP contribution in [0.3, 0.4) is 0 Å². The molecule has 4 heteroatoms. The Hall–Kier alpha value is -1.39. The third-order valence-electron chi connectivity index (χ3n) is 4.50. The fourth-order valence-corrected chi connectivity index (χ4v) is 4.10. The van der Waals surface area contributed by atoms with Crippen LogP contribution in [-0.4, -0.2) is 25.1 Å².